The lowest BCUT2D eigenvalue weighted by atomic mass is 9.78. The summed E-state index contributed by atoms with van der Waals surface area (Å²) in [6.07, 6.45) is 9.08. The molecule has 4 N–H and O–H groups in total. The molecule has 0 unspecified atom stereocenters. The third kappa shape index (κ3) is 6.05. The Morgan fingerprint density at radius 1 is 1.10 bits per heavy atom. The minimum atomic E-state index is -0.0487. The molecule has 0 saturated carbocycles. The van der Waals surface area contributed by atoms with Gasteiger partial charge in [0.25, 0.3) is 0 Å². The molecule has 30 heavy (non-hydrogen) atoms. The van der Waals surface area contributed by atoms with Gasteiger partial charge in [-0.3, -0.25) is 0 Å². The lowest BCUT2D eigenvalue weighted by molar-refractivity contribution is 0.0903. The second-order valence-corrected chi connectivity index (χ2v) is 9.20. The average Bonchev–Trinajstić information content (AvgIpc) is 3.13. The molecule has 2 heterocycles. The summed E-state index contributed by atoms with van der Waals surface area (Å²) in [6, 6.07) is 8.17. The monoisotopic (exact) mass is 426 g/mol. The van der Waals surface area contributed by atoms with Crippen molar-refractivity contribution in [2.75, 3.05) is 18.9 Å². The van der Waals surface area contributed by atoms with E-state index in [0.717, 1.165) is 67.8 Å². The maximum atomic E-state index is 6.21. The van der Waals surface area contributed by atoms with E-state index in [-0.39, 0.29) is 5.41 Å². The highest BCUT2D eigenvalue weighted by atomic mass is 32.1. The number of nitrogens with two attached hydrogens (primary N) is 2. The molecule has 0 radical (unpaired) electrons. The third-order valence-corrected chi connectivity index (χ3v) is 6.57. The molecule has 0 amide bonds. The quantitative estimate of drug-likeness (QED) is 0.274. The molecule has 1 aliphatic rings. The van der Waals surface area contributed by atoms with E-state index in [1.807, 2.05) is 29.0 Å². The Labute approximate surface area is 184 Å². The van der Waals surface area contributed by atoms with Crippen LogP contribution < -0.4 is 20.9 Å². The largest absolute Gasteiger partial charge is 0.488 e. The first-order valence-corrected chi connectivity index (χ1v) is 11.7. The molecule has 0 bridgehead atoms. The molecule has 3 rings (SSSR count). The molecule has 4 nitrogen and oxygen atoms in total. The summed E-state index contributed by atoms with van der Waals surface area (Å²) >= 11 is 1.62. The molecule has 1 aromatic heterocycles. The number of ether oxygens (including phenoxy) is 2. The van der Waals surface area contributed by atoms with E-state index in [1.165, 1.54) is 11.1 Å². The van der Waals surface area contributed by atoms with Crippen molar-refractivity contribution >= 4 is 17.0 Å². The van der Waals surface area contributed by atoms with Gasteiger partial charge in [0, 0.05) is 27.6 Å². The summed E-state index contributed by atoms with van der Waals surface area (Å²) in [5.74, 6) is 1.74. The molecule has 0 saturated heterocycles. The molecule has 1 aliphatic heterocycles. The first kappa shape index (κ1) is 22.3. The highest BCUT2D eigenvalue weighted by Crippen LogP contribution is 2.40. The van der Waals surface area contributed by atoms with Crippen LogP contribution in [0.25, 0.3) is 0 Å². The van der Waals surface area contributed by atoms with Crippen LogP contribution in [-0.2, 0) is 6.42 Å². The smallest absolute Gasteiger partial charge is 0.171 e. The second kappa shape index (κ2) is 10.6. The summed E-state index contributed by atoms with van der Waals surface area (Å²) < 4.78 is 12.4. The van der Waals surface area contributed by atoms with Gasteiger partial charge in [-0.15, -0.1) is 17.9 Å². The Kier molecular flexibility index (Phi) is 7.86. The summed E-state index contributed by atoms with van der Waals surface area (Å²) in [5.41, 5.74) is 16.3. The van der Waals surface area contributed by atoms with Gasteiger partial charge < -0.3 is 20.9 Å². The van der Waals surface area contributed by atoms with Crippen LogP contribution in [0.4, 0.5) is 5.69 Å². The minimum absolute atomic E-state index is 0.0487. The van der Waals surface area contributed by atoms with Crippen LogP contribution in [0.5, 0.6) is 11.5 Å². The van der Waals surface area contributed by atoms with Crippen molar-refractivity contribution < 1.29 is 9.47 Å². The van der Waals surface area contributed by atoms with Gasteiger partial charge in [-0.25, -0.2) is 0 Å². The van der Waals surface area contributed by atoms with E-state index < -0.39 is 0 Å². The lowest BCUT2D eigenvalue weighted by Crippen LogP contribution is -2.36. The van der Waals surface area contributed by atoms with E-state index in [1.54, 1.807) is 11.3 Å². The topological polar surface area (TPSA) is 70.5 Å². The molecule has 0 atom stereocenters. The van der Waals surface area contributed by atoms with Crippen LogP contribution in [0.2, 0.25) is 0 Å². The van der Waals surface area contributed by atoms with Crippen molar-refractivity contribution in [1.82, 2.24) is 0 Å². The Hall–Kier alpha value is -2.40. The van der Waals surface area contributed by atoms with E-state index in [2.05, 4.69) is 25.6 Å². The van der Waals surface area contributed by atoms with Crippen molar-refractivity contribution in [3.05, 3.63) is 64.5 Å². The maximum absolute atomic E-state index is 6.21. The number of benzene rings is 1. The van der Waals surface area contributed by atoms with E-state index in [9.17, 15) is 0 Å². The van der Waals surface area contributed by atoms with Gasteiger partial charge in [0.2, 0.25) is 0 Å². The fraction of sp³-hybridized carbons (Fsp3) is 0.440. The first-order valence-electron chi connectivity index (χ1n) is 10.7. The number of rotatable bonds is 10. The van der Waals surface area contributed by atoms with Gasteiger partial charge in [-0.1, -0.05) is 36.6 Å². The average molecular weight is 427 g/mol. The van der Waals surface area contributed by atoms with Gasteiger partial charge in [0.15, 0.2) is 11.5 Å². The highest BCUT2D eigenvalue weighted by Gasteiger charge is 2.35. The molecule has 2 aromatic rings. The summed E-state index contributed by atoms with van der Waals surface area (Å²) in [6.45, 7) is 7.22. The van der Waals surface area contributed by atoms with Gasteiger partial charge >= 0.3 is 0 Å². The predicted octanol–water partition coefficient (Wildman–Crippen LogP) is 6.09. The van der Waals surface area contributed by atoms with E-state index >= 15 is 0 Å². The van der Waals surface area contributed by atoms with Crippen LogP contribution in [-0.4, -0.2) is 13.2 Å². The number of unbranched alkanes of at least 4 members (excludes halogenated alkanes) is 2. The van der Waals surface area contributed by atoms with Gasteiger partial charge in [0.05, 0.1) is 13.2 Å². The van der Waals surface area contributed by atoms with Crippen molar-refractivity contribution in [3.8, 4) is 11.5 Å². The zero-order valence-electron chi connectivity index (χ0n) is 18.0. The zero-order chi connectivity index (χ0) is 21.4. The summed E-state index contributed by atoms with van der Waals surface area (Å²) in [4.78, 5) is 0. The molecule has 1 aromatic carbocycles. The SMILES string of the molecule is C=CC/C(C)=C(/N)CCCCCC1(Cc2ccc(N)cc2)COc2cscc2OC1. The van der Waals surface area contributed by atoms with Crippen LogP contribution in [0.3, 0.4) is 0 Å². The number of allylic oxidation sites excluding steroid dienone is 3. The van der Waals surface area contributed by atoms with E-state index in [4.69, 9.17) is 20.9 Å². The predicted molar refractivity (Wildman–Crippen MR) is 127 cm³/mol. The van der Waals surface area contributed by atoms with E-state index in [0.29, 0.717) is 13.2 Å². The molecule has 0 fully saturated rings. The second-order valence-electron chi connectivity index (χ2n) is 8.46. The van der Waals surface area contributed by atoms with Crippen molar-refractivity contribution in [2.24, 2.45) is 11.1 Å². The number of hydrogen-bond acceptors (Lipinski definition) is 5. The van der Waals surface area contributed by atoms with Crippen molar-refractivity contribution in [3.63, 3.8) is 0 Å². The van der Waals surface area contributed by atoms with Crippen molar-refractivity contribution in [1.29, 1.82) is 0 Å². The lowest BCUT2D eigenvalue weighted by Gasteiger charge is -2.31. The molecule has 0 aliphatic carbocycles. The Morgan fingerprint density at radius 3 is 2.40 bits per heavy atom. The molecular formula is C25H34N2O2S. The van der Waals surface area contributed by atoms with Gasteiger partial charge in [0.1, 0.15) is 0 Å². The Balaban J connectivity index is 1.60. The van der Waals surface area contributed by atoms with Crippen molar-refractivity contribution in [2.45, 2.75) is 51.9 Å². The van der Waals surface area contributed by atoms with Crippen LogP contribution in [0.1, 0.15) is 51.0 Å². The minimum Gasteiger partial charge on any atom is -0.488 e. The van der Waals surface area contributed by atoms with Crippen LogP contribution >= 0.6 is 11.3 Å². The van der Waals surface area contributed by atoms with Crippen LogP contribution in [0.15, 0.2) is 59.0 Å². The standard InChI is InChI=1S/C25H34N2O2S/c1-3-7-19(2)22(27)8-5-4-6-13-25(14-20-9-11-21(26)12-10-20)17-28-23-15-30-16-24(23)29-18-25/h3,9-12,15-16H,1,4-8,13-14,17-18,26-27H2,2H3/b22-19+. The highest BCUT2D eigenvalue weighted by molar-refractivity contribution is 7.08. The fourth-order valence-electron chi connectivity index (χ4n) is 3.94. The number of nitrogen functional groups attached to an aromatic ring is 1. The number of thiophene rings is 1. The molecule has 0 spiro atoms. The zero-order valence-corrected chi connectivity index (χ0v) is 18.8. The molecular weight excluding hydrogens is 392 g/mol. The summed E-state index contributed by atoms with van der Waals surface area (Å²) in [5, 5.41) is 4.05. The Bertz CT molecular complexity index is 832. The van der Waals surface area contributed by atoms with Gasteiger partial charge in [-0.05, 0) is 56.7 Å². The fourth-order valence-corrected chi connectivity index (χ4v) is 4.63. The van der Waals surface area contributed by atoms with Crippen LogP contribution in [0, 0.1) is 5.41 Å². The normalized spacial score (nSPS) is 15.9. The Morgan fingerprint density at radius 2 is 1.77 bits per heavy atom. The molecule has 162 valence electrons. The van der Waals surface area contributed by atoms with Gasteiger partial charge in [-0.2, -0.15) is 0 Å². The first-order chi connectivity index (χ1) is 14.5. The summed E-state index contributed by atoms with van der Waals surface area (Å²) in [7, 11) is 0. The molecule has 5 heteroatoms. The maximum Gasteiger partial charge on any atom is 0.171 e. The number of anilines is 1. The number of hydrogen-bond donors (Lipinski definition) is 2. The third-order valence-electron chi connectivity index (χ3n) is 5.87. The number of fused-ring (bicyclic) bond motifs is 1.